The maximum atomic E-state index is 6.19. The molecule has 4 bridgehead atoms. The predicted molar refractivity (Wildman–Crippen MR) is 39.3 cm³/mol. The molecule has 2 heteroatoms. The van der Waals surface area contributed by atoms with Crippen LogP contribution in [0.5, 0.6) is 0 Å². The third-order valence-electron chi connectivity index (χ3n) is 4.11. The highest BCUT2D eigenvalue weighted by Crippen LogP contribution is 2.64. The third-order valence-corrected chi connectivity index (χ3v) is 4.11. The summed E-state index contributed by atoms with van der Waals surface area (Å²) in [5, 5.41) is 0. The summed E-state index contributed by atoms with van der Waals surface area (Å²) in [7, 11) is 0. The number of nitrogens with two attached hydrogens (primary N) is 2. The second kappa shape index (κ2) is 1.16. The van der Waals surface area contributed by atoms with Crippen molar-refractivity contribution in [2.75, 3.05) is 0 Å². The van der Waals surface area contributed by atoms with Crippen LogP contribution in [0.25, 0.3) is 0 Å². The molecule has 10 heavy (non-hydrogen) atoms. The van der Waals surface area contributed by atoms with Crippen LogP contribution >= 0.6 is 0 Å². The van der Waals surface area contributed by atoms with Crippen LogP contribution in [0.1, 0.15) is 25.7 Å². The lowest BCUT2D eigenvalue weighted by Gasteiger charge is -2.22. The summed E-state index contributed by atoms with van der Waals surface area (Å²) >= 11 is 0. The molecule has 4 aliphatic rings. The fourth-order valence-electron chi connectivity index (χ4n) is 3.68. The van der Waals surface area contributed by atoms with E-state index in [0.29, 0.717) is 0 Å². The molecule has 0 aromatic heterocycles. The number of rotatable bonds is 0. The highest BCUT2D eigenvalue weighted by atomic mass is 15.0. The van der Waals surface area contributed by atoms with Crippen molar-refractivity contribution in [2.45, 2.75) is 36.8 Å². The lowest BCUT2D eigenvalue weighted by molar-refractivity contribution is 0.370. The smallest absolute Gasteiger partial charge is 0.0204 e. The number of hydrogen-bond acceptors (Lipinski definition) is 2. The lowest BCUT2D eigenvalue weighted by atomic mass is 9.92. The Labute approximate surface area is 61.0 Å². The third kappa shape index (κ3) is 0.372. The minimum absolute atomic E-state index is 0.180. The Kier molecular flexibility index (Phi) is 0.647. The van der Waals surface area contributed by atoms with Crippen LogP contribution in [0.2, 0.25) is 0 Å². The van der Waals surface area contributed by atoms with Gasteiger partial charge in [0.05, 0.1) is 0 Å². The molecule has 4 rings (SSSR count). The Morgan fingerprint density at radius 1 is 1.00 bits per heavy atom. The molecule has 4 saturated carbocycles. The van der Waals surface area contributed by atoms with Gasteiger partial charge in [-0.25, -0.2) is 0 Å². The molecule has 0 amide bonds. The zero-order valence-electron chi connectivity index (χ0n) is 6.14. The summed E-state index contributed by atoms with van der Waals surface area (Å²) in [6.45, 7) is 0. The van der Waals surface area contributed by atoms with Crippen LogP contribution in [-0.2, 0) is 0 Å². The molecule has 0 radical (unpaired) electrons. The van der Waals surface area contributed by atoms with Gasteiger partial charge in [0, 0.05) is 11.1 Å². The molecular formula is C8H14N2. The largest absolute Gasteiger partial charge is 0.325 e. The highest BCUT2D eigenvalue weighted by molar-refractivity contribution is 5.25. The van der Waals surface area contributed by atoms with E-state index in [4.69, 9.17) is 11.5 Å². The minimum Gasteiger partial charge on any atom is -0.325 e. The van der Waals surface area contributed by atoms with E-state index in [1.54, 1.807) is 0 Å². The molecule has 4 N–H and O–H groups in total. The zero-order chi connectivity index (χ0) is 6.98. The van der Waals surface area contributed by atoms with Gasteiger partial charge in [0.25, 0.3) is 0 Å². The van der Waals surface area contributed by atoms with E-state index in [9.17, 15) is 0 Å². The molecule has 0 spiro atoms. The summed E-state index contributed by atoms with van der Waals surface area (Å²) in [6.07, 6.45) is 4.87. The Hall–Kier alpha value is -0.0800. The maximum Gasteiger partial charge on any atom is 0.0204 e. The van der Waals surface area contributed by atoms with Crippen molar-refractivity contribution in [1.82, 2.24) is 0 Å². The van der Waals surface area contributed by atoms with Crippen LogP contribution in [-0.4, -0.2) is 11.1 Å². The van der Waals surface area contributed by atoms with Crippen LogP contribution in [0, 0.1) is 11.8 Å². The van der Waals surface area contributed by atoms with Crippen molar-refractivity contribution in [2.24, 2.45) is 23.3 Å². The molecule has 4 fully saturated rings. The highest BCUT2D eigenvalue weighted by Gasteiger charge is 2.67. The topological polar surface area (TPSA) is 52.0 Å². The van der Waals surface area contributed by atoms with Gasteiger partial charge in [-0.05, 0) is 37.5 Å². The summed E-state index contributed by atoms with van der Waals surface area (Å²) in [6, 6.07) is 0. The van der Waals surface area contributed by atoms with Crippen LogP contribution in [0.15, 0.2) is 0 Å². The summed E-state index contributed by atoms with van der Waals surface area (Å²) in [5.74, 6) is 1.56. The van der Waals surface area contributed by atoms with Crippen molar-refractivity contribution in [3.8, 4) is 0 Å². The molecule has 0 saturated heterocycles. The molecule has 4 aliphatic carbocycles. The van der Waals surface area contributed by atoms with E-state index in [1.165, 1.54) is 19.3 Å². The lowest BCUT2D eigenvalue weighted by Crippen LogP contribution is -2.40. The van der Waals surface area contributed by atoms with E-state index < -0.39 is 0 Å². The van der Waals surface area contributed by atoms with Crippen molar-refractivity contribution in [3.63, 3.8) is 0 Å². The van der Waals surface area contributed by atoms with Gasteiger partial charge in [-0.15, -0.1) is 0 Å². The standard InChI is InChI=1S/C8H14N2/c9-7-2-5-1-6(7)3-8(5,10)4-7/h5-6H,1-4,9-10H2/t5-,6-,7-,8-/m0/s1. The van der Waals surface area contributed by atoms with Gasteiger partial charge >= 0.3 is 0 Å². The van der Waals surface area contributed by atoms with Crippen molar-refractivity contribution in [1.29, 1.82) is 0 Å². The Bertz CT molecular complexity index is 183. The van der Waals surface area contributed by atoms with Crippen molar-refractivity contribution < 1.29 is 0 Å². The predicted octanol–water partition coefficient (Wildman–Crippen LogP) is 0.215. The Morgan fingerprint density at radius 2 is 1.50 bits per heavy atom. The Balaban J connectivity index is 2.15. The first-order valence-corrected chi connectivity index (χ1v) is 4.20. The molecule has 0 aliphatic heterocycles. The second-order valence-electron chi connectivity index (χ2n) is 4.68. The van der Waals surface area contributed by atoms with Crippen LogP contribution in [0.4, 0.5) is 0 Å². The van der Waals surface area contributed by atoms with Gasteiger partial charge in [0.15, 0.2) is 0 Å². The van der Waals surface area contributed by atoms with Gasteiger partial charge in [-0.3, -0.25) is 0 Å². The van der Waals surface area contributed by atoms with Gasteiger partial charge in [-0.1, -0.05) is 0 Å². The van der Waals surface area contributed by atoms with E-state index >= 15 is 0 Å². The van der Waals surface area contributed by atoms with Crippen LogP contribution < -0.4 is 11.5 Å². The Morgan fingerprint density at radius 3 is 1.60 bits per heavy atom. The van der Waals surface area contributed by atoms with Gasteiger partial charge < -0.3 is 11.5 Å². The fourth-order valence-corrected chi connectivity index (χ4v) is 3.68. The zero-order valence-corrected chi connectivity index (χ0v) is 6.14. The molecule has 0 unspecified atom stereocenters. The number of hydrogen-bond donors (Lipinski definition) is 2. The summed E-state index contributed by atoms with van der Waals surface area (Å²) in [4.78, 5) is 0. The molecule has 56 valence electrons. The van der Waals surface area contributed by atoms with Gasteiger partial charge in [-0.2, -0.15) is 0 Å². The summed E-state index contributed by atoms with van der Waals surface area (Å²) < 4.78 is 0. The quantitative estimate of drug-likeness (QED) is 0.503. The van der Waals surface area contributed by atoms with E-state index in [2.05, 4.69) is 0 Å². The molecule has 0 aromatic carbocycles. The summed E-state index contributed by atoms with van der Waals surface area (Å²) in [5.41, 5.74) is 12.7. The van der Waals surface area contributed by atoms with Crippen molar-refractivity contribution >= 4 is 0 Å². The van der Waals surface area contributed by atoms with Crippen LogP contribution in [0.3, 0.4) is 0 Å². The molecule has 2 nitrogen and oxygen atoms in total. The first-order chi connectivity index (χ1) is 4.62. The molecule has 0 aromatic rings. The second-order valence-corrected chi connectivity index (χ2v) is 4.68. The average molecular weight is 138 g/mol. The monoisotopic (exact) mass is 138 g/mol. The van der Waals surface area contributed by atoms with E-state index in [1.807, 2.05) is 0 Å². The van der Waals surface area contributed by atoms with Gasteiger partial charge in [0.1, 0.15) is 0 Å². The first kappa shape index (κ1) is 5.56. The van der Waals surface area contributed by atoms with Gasteiger partial charge in [0.2, 0.25) is 0 Å². The minimum atomic E-state index is 0.180. The van der Waals surface area contributed by atoms with E-state index in [0.717, 1.165) is 18.3 Å². The fraction of sp³-hybridized carbons (Fsp3) is 1.00. The normalized spacial score (nSPS) is 70.2. The molecule has 4 atom stereocenters. The van der Waals surface area contributed by atoms with Crippen molar-refractivity contribution in [3.05, 3.63) is 0 Å². The molecule has 0 heterocycles. The molecular weight excluding hydrogens is 124 g/mol. The van der Waals surface area contributed by atoms with E-state index in [-0.39, 0.29) is 11.1 Å². The average Bonchev–Trinajstić information content (AvgIpc) is 2.27. The SMILES string of the molecule is N[C@]12C[C@@H]3C[C@H]1C[C@]3(N)C2. The maximum absolute atomic E-state index is 6.19. The first-order valence-electron chi connectivity index (χ1n) is 4.20.